The minimum Gasteiger partial charge on any atom is -0.409 e. The SMILES string of the molecule is Cc1cccc(/C(N)=N/O)c1-n1cc(C(F)(F)F)cn1. The third kappa shape index (κ3) is 2.44. The number of nitrogens with two attached hydrogens (primary N) is 1. The van der Waals surface area contributed by atoms with Crippen molar-refractivity contribution in [2.45, 2.75) is 13.1 Å². The Labute approximate surface area is 112 Å². The molecule has 1 heterocycles. The molecule has 0 atom stereocenters. The van der Waals surface area contributed by atoms with E-state index in [1.54, 1.807) is 19.1 Å². The van der Waals surface area contributed by atoms with E-state index >= 15 is 0 Å². The molecule has 0 saturated heterocycles. The van der Waals surface area contributed by atoms with Crippen molar-refractivity contribution in [3.63, 3.8) is 0 Å². The third-order valence-corrected chi connectivity index (χ3v) is 2.76. The van der Waals surface area contributed by atoms with Crippen LogP contribution in [0.25, 0.3) is 5.69 Å². The molecule has 0 spiro atoms. The Kier molecular flexibility index (Phi) is 3.39. The van der Waals surface area contributed by atoms with Crippen LogP contribution in [0.3, 0.4) is 0 Å². The van der Waals surface area contributed by atoms with Gasteiger partial charge >= 0.3 is 6.18 Å². The number of halogens is 3. The second kappa shape index (κ2) is 4.87. The summed E-state index contributed by atoms with van der Waals surface area (Å²) in [4.78, 5) is 0. The first-order chi connectivity index (χ1) is 9.34. The molecule has 0 unspecified atom stereocenters. The van der Waals surface area contributed by atoms with Gasteiger partial charge in [-0.25, -0.2) is 4.68 Å². The molecule has 20 heavy (non-hydrogen) atoms. The van der Waals surface area contributed by atoms with E-state index in [1.165, 1.54) is 6.07 Å². The van der Waals surface area contributed by atoms with Crippen molar-refractivity contribution in [1.82, 2.24) is 9.78 Å². The molecule has 8 heteroatoms. The number of hydrogen-bond acceptors (Lipinski definition) is 3. The number of hydrogen-bond donors (Lipinski definition) is 2. The van der Waals surface area contributed by atoms with Crippen molar-refractivity contribution in [2.75, 3.05) is 0 Å². The quantitative estimate of drug-likeness (QED) is 0.384. The van der Waals surface area contributed by atoms with Crippen molar-refractivity contribution in [3.05, 3.63) is 47.3 Å². The van der Waals surface area contributed by atoms with Crippen molar-refractivity contribution in [3.8, 4) is 5.69 Å². The number of amidine groups is 1. The van der Waals surface area contributed by atoms with Gasteiger partial charge in [0, 0.05) is 11.8 Å². The van der Waals surface area contributed by atoms with Crippen LogP contribution in [0.5, 0.6) is 0 Å². The topological polar surface area (TPSA) is 76.4 Å². The maximum atomic E-state index is 12.6. The zero-order chi connectivity index (χ0) is 14.9. The summed E-state index contributed by atoms with van der Waals surface area (Å²) in [6, 6.07) is 4.88. The lowest BCUT2D eigenvalue weighted by Crippen LogP contribution is -2.17. The first kappa shape index (κ1) is 13.9. The number of para-hydroxylation sites is 1. The number of alkyl halides is 3. The predicted molar refractivity (Wildman–Crippen MR) is 65.8 cm³/mol. The highest BCUT2D eigenvalue weighted by molar-refractivity contribution is 6.00. The fourth-order valence-corrected chi connectivity index (χ4v) is 1.82. The Bertz CT molecular complexity index is 661. The van der Waals surface area contributed by atoms with Crippen LogP contribution >= 0.6 is 0 Å². The Morgan fingerprint density at radius 3 is 2.65 bits per heavy atom. The van der Waals surface area contributed by atoms with Gasteiger partial charge in [0.1, 0.15) is 0 Å². The molecule has 0 aliphatic heterocycles. The highest BCUT2D eigenvalue weighted by atomic mass is 19.4. The molecule has 0 aliphatic carbocycles. The van der Waals surface area contributed by atoms with E-state index in [-0.39, 0.29) is 5.84 Å². The van der Waals surface area contributed by atoms with Crippen molar-refractivity contribution >= 4 is 5.84 Å². The van der Waals surface area contributed by atoms with E-state index in [0.717, 1.165) is 17.1 Å². The van der Waals surface area contributed by atoms with E-state index in [2.05, 4.69) is 10.3 Å². The molecule has 0 radical (unpaired) electrons. The van der Waals surface area contributed by atoms with Crippen molar-refractivity contribution in [2.24, 2.45) is 10.9 Å². The van der Waals surface area contributed by atoms with Crippen LogP contribution in [-0.2, 0) is 6.18 Å². The fourth-order valence-electron chi connectivity index (χ4n) is 1.82. The zero-order valence-corrected chi connectivity index (χ0v) is 10.4. The number of rotatable bonds is 2. The van der Waals surface area contributed by atoms with Crippen LogP contribution in [0, 0.1) is 6.92 Å². The van der Waals surface area contributed by atoms with E-state index in [4.69, 9.17) is 10.9 Å². The number of oxime groups is 1. The first-order valence-electron chi connectivity index (χ1n) is 5.54. The van der Waals surface area contributed by atoms with Gasteiger partial charge in [-0.1, -0.05) is 17.3 Å². The average molecular weight is 284 g/mol. The Morgan fingerprint density at radius 1 is 1.40 bits per heavy atom. The van der Waals surface area contributed by atoms with Crippen LogP contribution < -0.4 is 5.73 Å². The normalized spacial score (nSPS) is 12.7. The summed E-state index contributed by atoms with van der Waals surface area (Å²) in [6.07, 6.45) is -2.89. The number of aryl methyl sites for hydroxylation is 1. The largest absolute Gasteiger partial charge is 0.419 e. The summed E-state index contributed by atoms with van der Waals surface area (Å²) in [5.41, 5.74) is 5.93. The molecule has 0 fully saturated rings. The Morgan fingerprint density at radius 2 is 2.10 bits per heavy atom. The summed E-state index contributed by atoms with van der Waals surface area (Å²) < 4.78 is 38.9. The lowest BCUT2D eigenvalue weighted by atomic mass is 10.1. The van der Waals surface area contributed by atoms with Crippen molar-refractivity contribution in [1.29, 1.82) is 0 Å². The van der Waals surface area contributed by atoms with Crippen LogP contribution in [-0.4, -0.2) is 20.8 Å². The third-order valence-electron chi connectivity index (χ3n) is 2.76. The molecular weight excluding hydrogens is 273 g/mol. The zero-order valence-electron chi connectivity index (χ0n) is 10.4. The van der Waals surface area contributed by atoms with Crippen LogP contribution in [0.4, 0.5) is 13.2 Å². The summed E-state index contributed by atoms with van der Waals surface area (Å²) in [5, 5.41) is 15.3. The molecule has 0 aliphatic rings. The minimum absolute atomic E-state index is 0.201. The van der Waals surface area contributed by atoms with E-state index in [0.29, 0.717) is 16.8 Å². The molecule has 2 rings (SSSR count). The number of nitrogens with zero attached hydrogens (tertiary/aromatic N) is 3. The second-order valence-electron chi connectivity index (χ2n) is 4.13. The molecule has 1 aromatic heterocycles. The molecule has 1 aromatic carbocycles. The van der Waals surface area contributed by atoms with Gasteiger partial charge in [0.05, 0.1) is 17.4 Å². The van der Waals surface area contributed by atoms with Crippen LogP contribution in [0.15, 0.2) is 35.7 Å². The Hall–Kier alpha value is -2.51. The van der Waals surface area contributed by atoms with E-state index in [9.17, 15) is 13.2 Å². The molecule has 2 aromatic rings. The molecule has 5 nitrogen and oxygen atoms in total. The summed E-state index contributed by atoms with van der Waals surface area (Å²) >= 11 is 0. The number of benzene rings is 1. The highest BCUT2D eigenvalue weighted by Gasteiger charge is 2.32. The van der Waals surface area contributed by atoms with Crippen molar-refractivity contribution < 1.29 is 18.4 Å². The smallest absolute Gasteiger partial charge is 0.409 e. The lowest BCUT2D eigenvalue weighted by molar-refractivity contribution is -0.137. The summed E-state index contributed by atoms with van der Waals surface area (Å²) in [5.74, 6) is -0.201. The van der Waals surface area contributed by atoms with Gasteiger partial charge in [-0.2, -0.15) is 18.3 Å². The highest BCUT2D eigenvalue weighted by Crippen LogP contribution is 2.30. The van der Waals surface area contributed by atoms with Crippen LogP contribution in [0.1, 0.15) is 16.7 Å². The minimum atomic E-state index is -4.47. The van der Waals surface area contributed by atoms with E-state index < -0.39 is 11.7 Å². The molecule has 106 valence electrons. The maximum absolute atomic E-state index is 12.6. The fraction of sp³-hybridized carbons (Fsp3) is 0.167. The average Bonchev–Trinajstić information content (AvgIpc) is 2.86. The van der Waals surface area contributed by atoms with Gasteiger partial charge in [0.25, 0.3) is 0 Å². The van der Waals surface area contributed by atoms with Gasteiger partial charge in [-0.3, -0.25) is 0 Å². The lowest BCUT2D eigenvalue weighted by Gasteiger charge is -2.11. The van der Waals surface area contributed by atoms with Gasteiger partial charge < -0.3 is 10.9 Å². The standard InChI is InChI=1S/C12H11F3N4O/c1-7-3-2-4-9(11(16)18-20)10(7)19-6-8(5-17-19)12(13,14)15/h2-6,20H,1H3,(H2,16,18). The van der Waals surface area contributed by atoms with Gasteiger partial charge in [0.2, 0.25) is 0 Å². The van der Waals surface area contributed by atoms with Gasteiger partial charge in [0.15, 0.2) is 5.84 Å². The maximum Gasteiger partial charge on any atom is 0.419 e. The summed E-state index contributed by atoms with van der Waals surface area (Å²) in [6.45, 7) is 1.69. The molecule has 0 saturated carbocycles. The predicted octanol–water partition coefficient (Wildman–Crippen LogP) is 2.29. The Balaban J connectivity index is 2.61. The molecule has 0 amide bonds. The monoisotopic (exact) mass is 284 g/mol. The van der Waals surface area contributed by atoms with E-state index in [1.807, 2.05) is 0 Å². The molecule has 0 bridgehead atoms. The summed E-state index contributed by atoms with van der Waals surface area (Å²) in [7, 11) is 0. The number of aromatic nitrogens is 2. The molecule has 3 N–H and O–H groups in total. The molecular formula is C12H11F3N4O. The van der Waals surface area contributed by atoms with Gasteiger partial charge in [-0.05, 0) is 18.6 Å². The first-order valence-corrected chi connectivity index (χ1v) is 5.54. The second-order valence-corrected chi connectivity index (χ2v) is 4.13. The van der Waals surface area contributed by atoms with Crippen LogP contribution in [0.2, 0.25) is 0 Å². The van der Waals surface area contributed by atoms with Gasteiger partial charge in [-0.15, -0.1) is 0 Å².